The molecule has 1 aliphatic heterocycles. The maximum atomic E-state index is 12.5. The largest absolute Gasteiger partial charge is 0.436 e. The maximum Gasteiger partial charge on any atom is 0.248 e. The average Bonchev–Trinajstić information content (AvgIpc) is 2.91. The highest BCUT2D eigenvalue weighted by atomic mass is 32.2. The molecule has 2 aromatic heterocycles. The van der Waals surface area contributed by atoms with Crippen molar-refractivity contribution in [1.82, 2.24) is 25.5 Å². The Morgan fingerprint density at radius 3 is 2.82 bits per heavy atom. The number of hydrogen-bond acceptors (Lipinski definition) is 9. The van der Waals surface area contributed by atoms with E-state index in [1.807, 2.05) is 38.1 Å². The molecule has 11 heteroatoms. The highest BCUT2D eigenvalue weighted by Gasteiger charge is 2.18. The number of benzene rings is 2. The van der Waals surface area contributed by atoms with Gasteiger partial charge < -0.3 is 15.4 Å². The van der Waals surface area contributed by atoms with Gasteiger partial charge in [0.25, 0.3) is 0 Å². The molecular formula is C27H31N7O3S. The predicted molar refractivity (Wildman–Crippen MR) is 149 cm³/mol. The molecule has 0 spiro atoms. The summed E-state index contributed by atoms with van der Waals surface area (Å²) >= 11 is 0. The molecule has 4 aromatic rings. The summed E-state index contributed by atoms with van der Waals surface area (Å²) in [6, 6.07) is 13.1. The van der Waals surface area contributed by atoms with Crippen molar-refractivity contribution in [3.63, 3.8) is 0 Å². The summed E-state index contributed by atoms with van der Waals surface area (Å²) in [5, 5.41) is 16.6. The number of nitrogens with zero attached hydrogens (tertiary/aromatic N) is 4. The van der Waals surface area contributed by atoms with Crippen LogP contribution in [-0.4, -0.2) is 53.5 Å². The molecule has 3 N–H and O–H groups in total. The third kappa shape index (κ3) is 5.84. The number of aryl methyl sites for hydroxylation is 1. The van der Waals surface area contributed by atoms with Crippen molar-refractivity contribution in [2.24, 2.45) is 0 Å². The van der Waals surface area contributed by atoms with Crippen LogP contribution in [0.5, 0.6) is 11.6 Å². The third-order valence-corrected chi connectivity index (χ3v) is 7.87. The van der Waals surface area contributed by atoms with E-state index in [0.717, 1.165) is 42.3 Å². The quantitative estimate of drug-likeness (QED) is 0.284. The van der Waals surface area contributed by atoms with Crippen LogP contribution in [0, 0.1) is 6.92 Å². The van der Waals surface area contributed by atoms with Crippen molar-refractivity contribution in [1.29, 1.82) is 0 Å². The van der Waals surface area contributed by atoms with Gasteiger partial charge in [0.15, 0.2) is 0 Å². The number of aromatic nitrogens is 4. The smallest absolute Gasteiger partial charge is 0.248 e. The van der Waals surface area contributed by atoms with Crippen LogP contribution in [0.25, 0.3) is 22.0 Å². The van der Waals surface area contributed by atoms with Gasteiger partial charge in [0.1, 0.15) is 5.75 Å². The fourth-order valence-corrected chi connectivity index (χ4v) is 5.73. The Morgan fingerprint density at radius 2 is 2.00 bits per heavy atom. The minimum Gasteiger partial charge on any atom is -0.436 e. The molecule has 2 aromatic carbocycles. The molecule has 0 aliphatic carbocycles. The molecule has 0 radical (unpaired) electrons. The van der Waals surface area contributed by atoms with E-state index in [2.05, 4.69) is 30.5 Å². The molecule has 0 saturated carbocycles. The van der Waals surface area contributed by atoms with Crippen molar-refractivity contribution in [2.75, 3.05) is 28.9 Å². The first-order valence-electron chi connectivity index (χ1n) is 12.8. The second-order valence-corrected chi connectivity index (χ2v) is 11.2. The summed E-state index contributed by atoms with van der Waals surface area (Å²) in [5.74, 6) is 1.46. The molecule has 0 amide bonds. The summed E-state index contributed by atoms with van der Waals surface area (Å²) in [7, 11) is -3.45. The standard InChI is InChI=1S/C27H31N7O3S/c1-3-16-38(35,36)34-24-8-4-7-21-20(24)10-9-18(2)25(21)37-26-22(11-15-30-33-26)23-12-14-29-27(32-23)31-19-6-5-13-28-17-19/h4,7-12,14-15,19,28,34H,3,5-6,13,16-17H2,1-2H3,(H,29,31,32)/t19-/m0/s1. The molecule has 38 heavy (non-hydrogen) atoms. The van der Waals surface area contributed by atoms with E-state index in [9.17, 15) is 8.42 Å². The van der Waals surface area contributed by atoms with Crippen molar-refractivity contribution in [3.8, 4) is 22.9 Å². The summed E-state index contributed by atoms with van der Waals surface area (Å²) in [6.07, 6.45) is 6.00. The van der Waals surface area contributed by atoms with Crippen LogP contribution in [0.15, 0.2) is 54.9 Å². The first-order chi connectivity index (χ1) is 18.4. The number of nitrogens with one attached hydrogen (secondary N) is 3. The van der Waals surface area contributed by atoms with Crippen molar-refractivity contribution in [3.05, 3.63) is 60.4 Å². The molecule has 1 saturated heterocycles. The van der Waals surface area contributed by atoms with Crippen molar-refractivity contribution in [2.45, 2.75) is 39.2 Å². The third-order valence-electron chi connectivity index (χ3n) is 6.39. The molecule has 1 aliphatic rings. The Labute approximate surface area is 222 Å². The van der Waals surface area contributed by atoms with E-state index in [1.54, 1.807) is 30.6 Å². The Hall–Kier alpha value is -3.83. The van der Waals surface area contributed by atoms with E-state index in [4.69, 9.17) is 9.72 Å². The zero-order valence-electron chi connectivity index (χ0n) is 21.4. The summed E-state index contributed by atoms with van der Waals surface area (Å²) in [4.78, 5) is 9.12. The average molecular weight is 534 g/mol. The molecule has 3 heterocycles. The van der Waals surface area contributed by atoms with Gasteiger partial charge in [0.2, 0.25) is 21.9 Å². The lowest BCUT2D eigenvalue weighted by Gasteiger charge is -2.23. The van der Waals surface area contributed by atoms with Gasteiger partial charge in [0.05, 0.1) is 28.9 Å². The molecule has 5 rings (SSSR count). The first kappa shape index (κ1) is 25.8. The summed E-state index contributed by atoms with van der Waals surface area (Å²) in [5.41, 5.74) is 2.70. The highest BCUT2D eigenvalue weighted by molar-refractivity contribution is 7.92. The molecule has 198 valence electrons. The number of sulfonamides is 1. The van der Waals surface area contributed by atoms with Crippen LogP contribution >= 0.6 is 0 Å². The Morgan fingerprint density at radius 1 is 1.11 bits per heavy atom. The fourth-order valence-electron chi connectivity index (χ4n) is 4.57. The highest BCUT2D eigenvalue weighted by Crippen LogP contribution is 2.38. The molecular weight excluding hydrogens is 502 g/mol. The number of ether oxygens (including phenoxy) is 1. The van der Waals surface area contributed by atoms with E-state index in [1.165, 1.54) is 0 Å². The molecule has 1 atom stereocenters. The fraction of sp³-hybridized carbons (Fsp3) is 0.333. The number of piperidine rings is 1. The van der Waals surface area contributed by atoms with Crippen LogP contribution in [0.1, 0.15) is 31.7 Å². The molecule has 1 fully saturated rings. The lowest BCUT2D eigenvalue weighted by Crippen LogP contribution is -2.38. The lowest BCUT2D eigenvalue weighted by molar-refractivity contribution is 0.459. The Balaban J connectivity index is 1.49. The topological polar surface area (TPSA) is 131 Å². The second kappa shape index (κ2) is 11.3. The van der Waals surface area contributed by atoms with E-state index in [-0.39, 0.29) is 11.8 Å². The molecule has 10 nitrogen and oxygen atoms in total. The van der Waals surface area contributed by atoms with E-state index in [0.29, 0.717) is 40.9 Å². The molecule has 0 bridgehead atoms. The van der Waals surface area contributed by atoms with Crippen molar-refractivity contribution < 1.29 is 13.2 Å². The SMILES string of the molecule is CCCS(=O)(=O)Nc1cccc2c(Oc3nnccc3-c3ccnc(N[C@H]4CCCNC4)n3)c(C)ccc12. The van der Waals surface area contributed by atoms with Gasteiger partial charge in [-0.25, -0.2) is 18.4 Å². The maximum absolute atomic E-state index is 12.5. The Bertz CT molecular complexity index is 1540. The number of anilines is 2. The number of fused-ring (bicyclic) bond motifs is 1. The zero-order valence-corrected chi connectivity index (χ0v) is 22.3. The van der Waals surface area contributed by atoms with Gasteiger partial charge >= 0.3 is 0 Å². The van der Waals surface area contributed by atoms with Crippen molar-refractivity contribution >= 4 is 32.4 Å². The van der Waals surface area contributed by atoms with Gasteiger partial charge in [0, 0.05) is 29.6 Å². The molecule has 0 unspecified atom stereocenters. The monoisotopic (exact) mass is 533 g/mol. The lowest BCUT2D eigenvalue weighted by atomic mass is 10.0. The number of hydrogen-bond donors (Lipinski definition) is 3. The van der Waals surface area contributed by atoms with Gasteiger partial charge in [-0.15, -0.1) is 5.10 Å². The van der Waals surface area contributed by atoms with Gasteiger partial charge in [-0.1, -0.05) is 31.2 Å². The van der Waals surface area contributed by atoms with Crippen LogP contribution < -0.4 is 20.1 Å². The van der Waals surface area contributed by atoms with Gasteiger partial charge in [-0.3, -0.25) is 4.72 Å². The van der Waals surface area contributed by atoms with Crippen LogP contribution in [0.4, 0.5) is 11.6 Å². The predicted octanol–water partition coefficient (Wildman–Crippen LogP) is 4.50. The normalized spacial score (nSPS) is 15.8. The second-order valence-electron chi connectivity index (χ2n) is 9.34. The summed E-state index contributed by atoms with van der Waals surface area (Å²) < 4.78 is 34.0. The van der Waals surface area contributed by atoms with Gasteiger partial charge in [-0.2, -0.15) is 5.10 Å². The van der Waals surface area contributed by atoms with Crippen LogP contribution in [0.3, 0.4) is 0 Å². The number of rotatable bonds is 9. The van der Waals surface area contributed by atoms with E-state index >= 15 is 0 Å². The minimum absolute atomic E-state index is 0.0502. The first-order valence-corrected chi connectivity index (χ1v) is 14.4. The summed E-state index contributed by atoms with van der Waals surface area (Å²) in [6.45, 7) is 5.67. The van der Waals surface area contributed by atoms with E-state index < -0.39 is 10.0 Å². The Kier molecular flexibility index (Phi) is 7.66. The zero-order chi connectivity index (χ0) is 26.5. The van der Waals surface area contributed by atoms with Crippen LogP contribution in [-0.2, 0) is 10.0 Å². The van der Waals surface area contributed by atoms with Gasteiger partial charge in [-0.05, 0) is 56.5 Å². The van der Waals surface area contributed by atoms with Crippen LogP contribution in [0.2, 0.25) is 0 Å². The minimum atomic E-state index is -3.45.